The first-order chi connectivity index (χ1) is 9.33. The molecular weight excluding hydrogens is 276 g/mol. The van der Waals surface area contributed by atoms with Crippen molar-refractivity contribution in [2.75, 3.05) is 11.5 Å². The molecule has 0 fully saturated rings. The smallest absolute Gasteiger partial charge is 0.190 e. The molecule has 0 radical (unpaired) electrons. The van der Waals surface area contributed by atoms with Crippen LogP contribution >= 0.6 is 23.1 Å². The Balaban J connectivity index is 1.68. The first-order valence-corrected chi connectivity index (χ1v) is 7.72. The van der Waals surface area contributed by atoms with Gasteiger partial charge in [0.25, 0.3) is 0 Å². The van der Waals surface area contributed by atoms with Crippen molar-refractivity contribution in [3.8, 4) is 0 Å². The summed E-state index contributed by atoms with van der Waals surface area (Å²) in [5.74, 6) is 1.50. The summed E-state index contributed by atoms with van der Waals surface area (Å²) in [6, 6.07) is 6.01. The average molecular weight is 288 g/mol. The molecule has 96 valence electrons. The molecule has 3 rings (SSSR count). The fourth-order valence-corrected chi connectivity index (χ4v) is 3.40. The number of hydrogen-bond donors (Lipinski definition) is 1. The van der Waals surface area contributed by atoms with Gasteiger partial charge in [0.2, 0.25) is 0 Å². The second kappa shape index (κ2) is 5.54. The Morgan fingerprint density at radius 1 is 1.16 bits per heavy atom. The Hall–Kier alpha value is -1.66. The third-order valence-electron chi connectivity index (χ3n) is 2.71. The Morgan fingerprint density at radius 3 is 2.84 bits per heavy atom. The summed E-state index contributed by atoms with van der Waals surface area (Å²) in [7, 11) is 0. The maximum Gasteiger partial charge on any atom is 0.190 e. The fourth-order valence-electron chi connectivity index (χ4n) is 1.73. The number of thiophene rings is 1. The van der Waals surface area contributed by atoms with E-state index < -0.39 is 0 Å². The van der Waals surface area contributed by atoms with Gasteiger partial charge in [0.15, 0.2) is 5.16 Å². The Labute approximate surface area is 119 Å². The lowest BCUT2D eigenvalue weighted by atomic mass is 10.2. The molecule has 0 spiro atoms. The van der Waals surface area contributed by atoms with Crippen LogP contribution in [-0.4, -0.2) is 20.7 Å². The molecule has 3 aromatic rings. The van der Waals surface area contributed by atoms with Gasteiger partial charge < -0.3 is 5.73 Å². The van der Waals surface area contributed by atoms with Crippen LogP contribution < -0.4 is 5.73 Å². The number of nitrogen functional groups attached to an aromatic ring is 1. The molecular formula is C13H12N4S2. The van der Waals surface area contributed by atoms with E-state index in [4.69, 9.17) is 5.73 Å². The minimum absolute atomic E-state index is 0.567. The maximum absolute atomic E-state index is 5.92. The van der Waals surface area contributed by atoms with Gasteiger partial charge in [-0.25, -0.2) is 9.97 Å². The minimum atomic E-state index is 0.567. The summed E-state index contributed by atoms with van der Waals surface area (Å²) in [5.41, 5.74) is 7.19. The lowest BCUT2D eigenvalue weighted by molar-refractivity contribution is 1.01. The van der Waals surface area contributed by atoms with Gasteiger partial charge in [-0.1, -0.05) is 11.8 Å². The second-order valence-electron chi connectivity index (χ2n) is 3.98. The molecule has 0 amide bonds. The Morgan fingerprint density at radius 2 is 2.00 bits per heavy atom. The third-order valence-corrected chi connectivity index (χ3v) is 4.36. The number of rotatable bonds is 4. The number of anilines is 1. The molecule has 3 aromatic heterocycles. The quantitative estimate of drug-likeness (QED) is 0.590. The molecule has 0 saturated carbocycles. The topological polar surface area (TPSA) is 64.7 Å². The van der Waals surface area contributed by atoms with Crippen LogP contribution in [0.4, 0.5) is 5.82 Å². The first-order valence-electron chi connectivity index (χ1n) is 5.85. The molecule has 0 aliphatic rings. The zero-order chi connectivity index (χ0) is 13.1. The van der Waals surface area contributed by atoms with Gasteiger partial charge in [0.05, 0.1) is 5.39 Å². The first kappa shape index (κ1) is 12.4. The van der Waals surface area contributed by atoms with E-state index in [9.17, 15) is 0 Å². The normalized spacial score (nSPS) is 10.9. The van der Waals surface area contributed by atoms with E-state index in [1.807, 2.05) is 36.0 Å². The van der Waals surface area contributed by atoms with Crippen LogP contribution in [0.3, 0.4) is 0 Å². The van der Waals surface area contributed by atoms with Crippen LogP contribution in [0.5, 0.6) is 0 Å². The highest BCUT2D eigenvalue weighted by molar-refractivity contribution is 7.99. The number of fused-ring (bicyclic) bond motifs is 1. The van der Waals surface area contributed by atoms with Crippen molar-refractivity contribution in [1.29, 1.82) is 0 Å². The third kappa shape index (κ3) is 2.85. The van der Waals surface area contributed by atoms with Crippen LogP contribution in [-0.2, 0) is 6.42 Å². The molecule has 3 heterocycles. The molecule has 0 bridgehead atoms. The Kier molecular flexibility index (Phi) is 3.61. The highest BCUT2D eigenvalue weighted by Gasteiger charge is 2.06. The summed E-state index contributed by atoms with van der Waals surface area (Å²) in [6.45, 7) is 0. The number of hydrogen-bond acceptors (Lipinski definition) is 6. The molecule has 6 heteroatoms. The van der Waals surface area contributed by atoms with Crippen LogP contribution in [0.25, 0.3) is 10.2 Å². The number of nitrogens with zero attached hydrogens (tertiary/aromatic N) is 3. The number of thioether (sulfide) groups is 1. The number of aryl methyl sites for hydroxylation is 1. The van der Waals surface area contributed by atoms with Crippen molar-refractivity contribution in [3.05, 3.63) is 41.5 Å². The summed E-state index contributed by atoms with van der Waals surface area (Å²) >= 11 is 3.22. The zero-order valence-corrected chi connectivity index (χ0v) is 11.7. The van der Waals surface area contributed by atoms with Gasteiger partial charge >= 0.3 is 0 Å². The number of aromatic nitrogens is 3. The Bertz CT molecular complexity index is 681. The van der Waals surface area contributed by atoms with Crippen LogP contribution in [0, 0.1) is 0 Å². The summed E-state index contributed by atoms with van der Waals surface area (Å²) in [5, 5.41) is 3.69. The van der Waals surface area contributed by atoms with E-state index in [0.29, 0.717) is 5.82 Å². The number of nitrogens with two attached hydrogens (primary N) is 1. The van der Waals surface area contributed by atoms with Gasteiger partial charge in [-0.2, -0.15) is 0 Å². The predicted molar refractivity (Wildman–Crippen MR) is 80.5 cm³/mol. The van der Waals surface area contributed by atoms with E-state index in [0.717, 1.165) is 27.5 Å². The van der Waals surface area contributed by atoms with Crippen LogP contribution in [0.15, 0.2) is 41.1 Å². The van der Waals surface area contributed by atoms with Crippen molar-refractivity contribution >= 4 is 39.1 Å². The van der Waals surface area contributed by atoms with E-state index in [1.54, 1.807) is 23.1 Å². The lowest BCUT2D eigenvalue weighted by Crippen LogP contribution is -1.96. The molecule has 0 aliphatic heterocycles. The van der Waals surface area contributed by atoms with Gasteiger partial charge in [0.1, 0.15) is 10.6 Å². The molecule has 0 atom stereocenters. The van der Waals surface area contributed by atoms with Crippen molar-refractivity contribution in [3.63, 3.8) is 0 Å². The standard InChI is InChI=1S/C13H12N4S2/c14-11-10-4-8-18-12(10)17-13(16-11)19-7-3-9-1-5-15-6-2-9/h1-2,4-6,8H,3,7H2,(H2,14,16,17). The highest BCUT2D eigenvalue weighted by atomic mass is 32.2. The van der Waals surface area contributed by atoms with E-state index in [2.05, 4.69) is 15.0 Å². The van der Waals surface area contributed by atoms with Crippen molar-refractivity contribution < 1.29 is 0 Å². The van der Waals surface area contributed by atoms with Crippen LogP contribution in [0.2, 0.25) is 0 Å². The highest BCUT2D eigenvalue weighted by Crippen LogP contribution is 2.26. The van der Waals surface area contributed by atoms with Crippen LogP contribution in [0.1, 0.15) is 5.56 Å². The predicted octanol–water partition coefficient (Wildman–Crippen LogP) is 3.00. The maximum atomic E-state index is 5.92. The second-order valence-corrected chi connectivity index (χ2v) is 5.94. The van der Waals surface area contributed by atoms with Crippen molar-refractivity contribution in [2.45, 2.75) is 11.6 Å². The SMILES string of the molecule is Nc1nc(SCCc2ccncc2)nc2sccc12. The van der Waals surface area contributed by atoms with E-state index >= 15 is 0 Å². The molecule has 0 aromatic carbocycles. The van der Waals surface area contributed by atoms with Gasteiger partial charge in [0, 0.05) is 18.1 Å². The molecule has 0 saturated heterocycles. The fraction of sp³-hybridized carbons (Fsp3) is 0.154. The minimum Gasteiger partial charge on any atom is -0.383 e. The summed E-state index contributed by atoms with van der Waals surface area (Å²) in [4.78, 5) is 13.8. The summed E-state index contributed by atoms with van der Waals surface area (Å²) < 4.78 is 0. The van der Waals surface area contributed by atoms with E-state index in [-0.39, 0.29) is 0 Å². The monoisotopic (exact) mass is 288 g/mol. The zero-order valence-electron chi connectivity index (χ0n) is 10.1. The van der Waals surface area contributed by atoms with E-state index in [1.165, 1.54) is 5.56 Å². The summed E-state index contributed by atoms with van der Waals surface area (Å²) in [6.07, 6.45) is 4.59. The van der Waals surface area contributed by atoms with Crippen molar-refractivity contribution in [2.24, 2.45) is 0 Å². The molecule has 0 unspecified atom stereocenters. The van der Waals surface area contributed by atoms with Crippen molar-refractivity contribution in [1.82, 2.24) is 15.0 Å². The van der Waals surface area contributed by atoms with Gasteiger partial charge in [-0.15, -0.1) is 11.3 Å². The number of pyridine rings is 1. The molecule has 19 heavy (non-hydrogen) atoms. The van der Waals surface area contributed by atoms with Gasteiger partial charge in [-0.3, -0.25) is 4.98 Å². The molecule has 2 N–H and O–H groups in total. The molecule has 4 nitrogen and oxygen atoms in total. The lowest BCUT2D eigenvalue weighted by Gasteiger charge is -2.02. The molecule has 0 aliphatic carbocycles. The average Bonchev–Trinajstić information content (AvgIpc) is 2.89. The van der Waals surface area contributed by atoms with Gasteiger partial charge in [-0.05, 0) is 35.6 Å². The largest absolute Gasteiger partial charge is 0.383 e.